The average Bonchev–Trinajstić information content (AvgIpc) is 2.86. The summed E-state index contributed by atoms with van der Waals surface area (Å²) in [6.07, 6.45) is 0.774. The number of benzene rings is 2. The van der Waals surface area contributed by atoms with Gasteiger partial charge in [0.15, 0.2) is 11.5 Å². The minimum absolute atomic E-state index is 0.00768. The topological polar surface area (TPSA) is 79.9 Å². The van der Waals surface area contributed by atoms with E-state index in [-0.39, 0.29) is 24.9 Å². The van der Waals surface area contributed by atoms with Crippen molar-refractivity contribution >= 4 is 46.4 Å². The minimum Gasteiger partial charge on any atom is -0.490 e. The number of halogens is 2. The maximum atomic E-state index is 12.4. The molecule has 154 valence electrons. The number of carbonyl (C=O) groups excluding carboxylic acids is 2. The zero-order valence-corrected chi connectivity index (χ0v) is 17.3. The molecule has 0 saturated heterocycles. The van der Waals surface area contributed by atoms with E-state index in [0.29, 0.717) is 46.1 Å². The SMILES string of the molecule is CN(CC(=O)Nc1cccc(Cl)c1)CC(=O)Nc1cc2c(cc1Cl)OCCCO2. The van der Waals surface area contributed by atoms with Crippen LogP contribution >= 0.6 is 23.2 Å². The number of fused-ring (bicyclic) bond motifs is 1. The summed E-state index contributed by atoms with van der Waals surface area (Å²) < 4.78 is 11.2. The van der Waals surface area contributed by atoms with Crippen LogP contribution < -0.4 is 20.1 Å². The van der Waals surface area contributed by atoms with Gasteiger partial charge in [-0.2, -0.15) is 0 Å². The Kier molecular flexibility index (Phi) is 7.19. The summed E-state index contributed by atoms with van der Waals surface area (Å²) in [6, 6.07) is 10.1. The van der Waals surface area contributed by atoms with Gasteiger partial charge in [0.1, 0.15) is 0 Å². The van der Waals surface area contributed by atoms with E-state index in [1.807, 2.05) is 0 Å². The Labute approximate surface area is 178 Å². The fourth-order valence-corrected chi connectivity index (χ4v) is 3.17. The van der Waals surface area contributed by atoms with Crippen LogP contribution in [0.2, 0.25) is 10.0 Å². The standard InChI is InChI=1S/C20H21Cl2N3O4/c1-25(11-19(26)23-14-5-2-4-13(21)8-14)12-20(27)24-16-10-18-17(9-15(16)22)28-6-3-7-29-18/h2,4-5,8-10H,3,6-7,11-12H2,1H3,(H,23,26)(H,24,27). The Morgan fingerprint density at radius 1 is 1.00 bits per heavy atom. The number of nitrogens with zero attached hydrogens (tertiary/aromatic N) is 1. The van der Waals surface area contributed by atoms with Crippen molar-refractivity contribution < 1.29 is 19.1 Å². The number of amides is 2. The zero-order valence-electron chi connectivity index (χ0n) is 15.8. The van der Waals surface area contributed by atoms with Crippen molar-refractivity contribution in [3.05, 3.63) is 46.4 Å². The first-order chi connectivity index (χ1) is 13.9. The van der Waals surface area contributed by atoms with Gasteiger partial charge in [0.25, 0.3) is 0 Å². The summed E-state index contributed by atoms with van der Waals surface area (Å²) in [7, 11) is 1.67. The third-order valence-electron chi connectivity index (χ3n) is 4.05. The van der Waals surface area contributed by atoms with Crippen LogP contribution in [0.1, 0.15) is 6.42 Å². The number of anilines is 2. The monoisotopic (exact) mass is 437 g/mol. The van der Waals surface area contributed by atoms with E-state index >= 15 is 0 Å². The van der Waals surface area contributed by atoms with Gasteiger partial charge in [-0.25, -0.2) is 0 Å². The smallest absolute Gasteiger partial charge is 0.238 e. The highest BCUT2D eigenvalue weighted by Crippen LogP contribution is 2.37. The fraction of sp³-hybridized carbons (Fsp3) is 0.300. The molecule has 1 aliphatic heterocycles. The van der Waals surface area contributed by atoms with Crippen LogP contribution in [-0.4, -0.2) is 50.1 Å². The number of nitrogens with one attached hydrogen (secondary N) is 2. The molecule has 0 spiro atoms. The van der Waals surface area contributed by atoms with Gasteiger partial charge in [0, 0.05) is 29.3 Å². The predicted molar refractivity (Wildman–Crippen MR) is 113 cm³/mol. The van der Waals surface area contributed by atoms with Crippen molar-refractivity contribution in [2.24, 2.45) is 0 Å². The zero-order chi connectivity index (χ0) is 20.8. The minimum atomic E-state index is -0.306. The van der Waals surface area contributed by atoms with Gasteiger partial charge < -0.3 is 20.1 Å². The normalized spacial score (nSPS) is 13.0. The van der Waals surface area contributed by atoms with Crippen LogP contribution in [0.25, 0.3) is 0 Å². The van der Waals surface area contributed by atoms with Gasteiger partial charge in [-0.1, -0.05) is 29.3 Å². The molecule has 2 N–H and O–H groups in total. The summed E-state index contributed by atoms with van der Waals surface area (Å²) >= 11 is 12.1. The van der Waals surface area contributed by atoms with Gasteiger partial charge in [0.05, 0.1) is 37.0 Å². The van der Waals surface area contributed by atoms with Gasteiger partial charge in [-0.3, -0.25) is 14.5 Å². The van der Waals surface area contributed by atoms with Crippen LogP contribution in [0.3, 0.4) is 0 Å². The Hall–Kier alpha value is -2.48. The highest BCUT2D eigenvalue weighted by atomic mass is 35.5. The Morgan fingerprint density at radius 2 is 1.66 bits per heavy atom. The van der Waals surface area contributed by atoms with Crippen molar-refractivity contribution in [1.29, 1.82) is 0 Å². The first kappa shape index (κ1) is 21.2. The second kappa shape index (κ2) is 9.82. The molecule has 1 heterocycles. The Balaban J connectivity index is 1.53. The number of hydrogen-bond acceptors (Lipinski definition) is 5. The van der Waals surface area contributed by atoms with Crippen LogP contribution in [0.4, 0.5) is 11.4 Å². The number of hydrogen-bond donors (Lipinski definition) is 2. The molecule has 0 aromatic heterocycles. The molecule has 29 heavy (non-hydrogen) atoms. The lowest BCUT2D eigenvalue weighted by Crippen LogP contribution is -2.36. The molecule has 2 aromatic carbocycles. The molecule has 0 radical (unpaired) electrons. The van der Waals surface area contributed by atoms with Crippen molar-refractivity contribution in [3.8, 4) is 11.5 Å². The molecule has 9 heteroatoms. The molecule has 0 aliphatic carbocycles. The molecular formula is C20H21Cl2N3O4. The van der Waals surface area contributed by atoms with E-state index in [0.717, 1.165) is 6.42 Å². The van der Waals surface area contributed by atoms with Crippen molar-refractivity contribution in [3.63, 3.8) is 0 Å². The lowest BCUT2D eigenvalue weighted by Gasteiger charge is -2.17. The van der Waals surface area contributed by atoms with Crippen LogP contribution in [-0.2, 0) is 9.59 Å². The average molecular weight is 438 g/mol. The Bertz CT molecular complexity index is 907. The quantitative estimate of drug-likeness (QED) is 0.720. The number of carbonyl (C=O) groups is 2. The molecule has 0 atom stereocenters. The predicted octanol–water partition coefficient (Wildman–Crippen LogP) is 3.66. The van der Waals surface area contributed by atoms with Gasteiger partial charge >= 0.3 is 0 Å². The lowest BCUT2D eigenvalue weighted by atomic mass is 10.2. The number of rotatable bonds is 6. The van der Waals surface area contributed by atoms with Crippen molar-refractivity contribution in [2.45, 2.75) is 6.42 Å². The third kappa shape index (κ3) is 6.25. The highest BCUT2D eigenvalue weighted by molar-refractivity contribution is 6.34. The lowest BCUT2D eigenvalue weighted by molar-refractivity contribution is -0.119. The molecular weight excluding hydrogens is 417 g/mol. The van der Waals surface area contributed by atoms with E-state index in [9.17, 15) is 9.59 Å². The molecule has 0 bridgehead atoms. The van der Waals surface area contributed by atoms with E-state index in [1.165, 1.54) is 0 Å². The Morgan fingerprint density at radius 3 is 2.34 bits per heavy atom. The van der Waals surface area contributed by atoms with E-state index in [1.54, 1.807) is 48.3 Å². The van der Waals surface area contributed by atoms with Gasteiger partial charge in [-0.15, -0.1) is 0 Å². The molecule has 0 saturated carbocycles. The maximum absolute atomic E-state index is 12.4. The largest absolute Gasteiger partial charge is 0.490 e. The first-order valence-electron chi connectivity index (χ1n) is 9.03. The number of likely N-dealkylation sites (N-methyl/N-ethyl adjacent to an activating group) is 1. The molecule has 3 rings (SSSR count). The second-order valence-electron chi connectivity index (χ2n) is 6.61. The molecule has 0 fully saturated rings. The van der Waals surface area contributed by atoms with Crippen LogP contribution in [0.15, 0.2) is 36.4 Å². The van der Waals surface area contributed by atoms with Gasteiger partial charge in [0.2, 0.25) is 11.8 Å². The van der Waals surface area contributed by atoms with Crippen molar-refractivity contribution in [2.75, 3.05) is 44.0 Å². The van der Waals surface area contributed by atoms with E-state index < -0.39 is 0 Å². The maximum Gasteiger partial charge on any atom is 0.238 e. The van der Waals surface area contributed by atoms with Crippen LogP contribution in [0.5, 0.6) is 11.5 Å². The van der Waals surface area contributed by atoms with Crippen molar-refractivity contribution in [1.82, 2.24) is 4.90 Å². The van der Waals surface area contributed by atoms with E-state index in [2.05, 4.69) is 10.6 Å². The van der Waals surface area contributed by atoms with Gasteiger partial charge in [-0.05, 0) is 25.2 Å². The molecule has 7 nitrogen and oxygen atoms in total. The second-order valence-corrected chi connectivity index (χ2v) is 7.45. The molecule has 2 aromatic rings. The summed E-state index contributed by atoms with van der Waals surface area (Å²) in [4.78, 5) is 26.1. The summed E-state index contributed by atoms with van der Waals surface area (Å²) in [6.45, 7) is 1.13. The third-order valence-corrected chi connectivity index (χ3v) is 4.59. The first-order valence-corrected chi connectivity index (χ1v) is 9.79. The fourth-order valence-electron chi connectivity index (χ4n) is 2.78. The summed E-state index contributed by atoms with van der Waals surface area (Å²) in [5, 5.41) is 6.36. The molecule has 2 amide bonds. The summed E-state index contributed by atoms with van der Waals surface area (Å²) in [5.41, 5.74) is 1.03. The summed E-state index contributed by atoms with van der Waals surface area (Å²) in [5.74, 6) is 0.535. The van der Waals surface area contributed by atoms with Crippen LogP contribution in [0, 0.1) is 0 Å². The molecule has 1 aliphatic rings. The number of ether oxygens (including phenoxy) is 2. The van der Waals surface area contributed by atoms with E-state index in [4.69, 9.17) is 32.7 Å². The highest BCUT2D eigenvalue weighted by Gasteiger charge is 2.17. The molecule has 0 unspecified atom stereocenters.